The molecule has 1 N–H and O–H groups in total. The fourth-order valence-electron chi connectivity index (χ4n) is 4.10. The summed E-state index contributed by atoms with van der Waals surface area (Å²) >= 11 is 0. The molecule has 1 atom stereocenters. The monoisotopic (exact) mass is 322 g/mol. The molecule has 134 valence electrons. The summed E-state index contributed by atoms with van der Waals surface area (Å²) in [6.45, 7) is 17.0. The number of aliphatic imine (C=N–C) groups is 1. The SMILES string of the molecule is CCNC(=NCC1(C)CCCC1)N1CCC(CN(CC)CC)C1. The minimum Gasteiger partial charge on any atom is -0.357 e. The van der Waals surface area contributed by atoms with Gasteiger partial charge in [0, 0.05) is 32.7 Å². The van der Waals surface area contributed by atoms with E-state index in [0.717, 1.165) is 31.5 Å². The molecule has 0 spiro atoms. The van der Waals surface area contributed by atoms with Crippen molar-refractivity contribution in [1.29, 1.82) is 0 Å². The van der Waals surface area contributed by atoms with Gasteiger partial charge in [0.1, 0.15) is 0 Å². The summed E-state index contributed by atoms with van der Waals surface area (Å²) in [6, 6.07) is 0. The molecule has 23 heavy (non-hydrogen) atoms. The van der Waals surface area contributed by atoms with Crippen molar-refractivity contribution >= 4 is 5.96 Å². The van der Waals surface area contributed by atoms with Crippen molar-refractivity contribution < 1.29 is 0 Å². The standard InChI is InChI=1S/C19H38N4/c1-5-20-18(21-16-19(4)11-8-9-12-19)23-13-10-17(15-23)14-22(6-2)7-3/h17H,5-16H2,1-4H3,(H,20,21). The average Bonchev–Trinajstić information content (AvgIpc) is 3.19. The summed E-state index contributed by atoms with van der Waals surface area (Å²) in [5.74, 6) is 1.95. The van der Waals surface area contributed by atoms with Gasteiger partial charge < -0.3 is 15.1 Å². The van der Waals surface area contributed by atoms with E-state index in [1.807, 2.05) is 0 Å². The molecule has 2 fully saturated rings. The van der Waals surface area contributed by atoms with Gasteiger partial charge in [-0.2, -0.15) is 0 Å². The molecular weight excluding hydrogens is 284 g/mol. The Hall–Kier alpha value is -0.770. The highest BCUT2D eigenvalue weighted by atomic mass is 15.3. The lowest BCUT2D eigenvalue weighted by Crippen LogP contribution is -2.41. The van der Waals surface area contributed by atoms with Crippen LogP contribution in [-0.4, -0.2) is 61.6 Å². The average molecular weight is 323 g/mol. The van der Waals surface area contributed by atoms with Crippen LogP contribution in [-0.2, 0) is 0 Å². The Kier molecular flexibility index (Phi) is 7.19. The van der Waals surface area contributed by atoms with Gasteiger partial charge in [-0.05, 0) is 50.6 Å². The van der Waals surface area contributed by atoms with E-state index in [1.165, 1.54) is 58.3 Å². The summed E-state index contributed by atoms with van der Waals surface area (Å²) < 4.78 is 0. The zero-order valence-corrected chi connectivity index (χ0v) is 15.9. The largest absolute Gasteiger partial charge is 0.357 e. The number of hydrogen-bond acceptors (Lipinski definition) is 2. The van der Waals surface area contributed by atoms with Crippen LogP contribution in [0.1, 0.15) is 59.8 Å². The van der Waals surface area contributed by atoms with Gasteiger partial charge in [-0.15, -0.1) is 0 Å². The Morgan fingerprint density at radius 1 is 1.22 bits per heavy atom. The Labute approximate surface area is 143 Å². The minimum absolute atomic E-state index is 0.445. The smallest absolute Gasteiger partial charge is 0.193 e. The van der Waals surface area contributed by atoms with Crippen LogP contribution in [0.3, 0.4) is 0 Å². The van der Waals surface area contributed by atoms with Crippen LogP contribution in [0, 0.1) is 11.3 Å². The summed E-state index contributed by atoms with van der Waals surface area (Å²) in [5.41, 5.74) is 0.445. The van der Waals surface area contributed by atoms with Crippen LogP contribution in [0.5, 0.6) is 0 Å². The van der Waals surface area contributed by atoms with Crippen LogP contribution < -0.4 is 5.32 Å². The third kappa shape index (κ3) is 5.37. The van der Waals surface area contributed by atoms with Gasteiger partial charge in [0.05, 0.1) is 0 Å². The number of hydrogen-bond donors (Lipinski definition) is 1. The van der Waals surface area contributed by atoms with E-state index in [2.05, 4.69) is 42.8 Å². The molecule has 4 nitrogen and oxygen atoms in total. The number of rotatable bonds is 7. The minimum atomic E-state index is 0.445. The molecule has 0 aromatic carbocycles. The predicted molar refractivity (Wildman–Crippen MR) is 100 cm³/mol. The van der Waals surface area contributed by atoms with Gasteiger partial charge in [0.15, 0.2) is 5.96 Å². The lowest BCUT2D eigenvalue weighted by molar-refractivity contribution is 0.255. The quantitative estimate of drug-likeness (QED) is 0.577. The normalized spacial score (nSPS) is 24.7. The van der Waals surface area contributed by atoms with Gasteiger partial charge in [-0.1, -0.05) is 33.6 Å². The maximum atomic E-state index is 5.02. The third-order valence-corrected chi connectivity index (χ3v) is 5.75. The second-order valence-electron chi connectivity index (χ2n) is 7.77. The fraction of sp³-hybridized carbons (Fsp3) is 0.947. The van der Waals surface area contributed by atoms with Gasteiger partial charge in [-0.3, -0.25) is 4.99 Å². The molecule has 1 saturated heterocycles. The van der Waals surface area contributed by atoms with E-state index < -0.39 is 0 Å². The summed E-state index contributed by atoms with van der Waals surface area (Å²) in [6.07, 6.45) is 6.77. The van der Waals surface area contributed by atoms with Crippen molar-refractivity contribution in [1.82, 2.24) is 15.1 Å². The molecule has 1 aliphatic heterocycles. The van der Waals surface area contributed by atoms with E-state index in [9.17, 15) is 0 Å². The molecule has 1 aliphatic carbocycles. The number of guanidine groups is 1. The summed E-state index contributed by atoms with van der Waals surface area (Å²) in [4.78, 5) is 10.1. The zero-order valence-electron chi connectivity index (χ0n) is 15.9. The van der Waals surface area contributed by atoms with Crippen molar-refractivity contribution in [2.75, 3.05) is 45.8 Å². The molecular formula is C19H38N4. The molecule has 2 rings (SSSR count). The Bertz CT molecular complexity index is 370. The highest BCUT2D eigenvalue weighted by Gasteiger charge is 2.30. The summed E-state index contributed by atoms with van der Waals surface area (Å²) in [5, 5.41) is 3.53. The Morgan fingerprint density at radius 2 is 1.91 bits per heavy atom. The van der Waals surface area contributed by atoms with Gasteiger partial charge >= 0.3 is 0 Å². The first-order valence-corrected chi connectivity index (χ1v) is 9.85. The molecule has 1 unspecified atom stereocenters. The van der Waals surface area contributed by atoms with Gasteiger partial charge in [0.2, 0.25) is 0 Å². The molecule has 0 amide bonds. The van der Waals surface area contributed by atoms with Crippen LogP contribution in [0.4, 0.5) is 0 Å². The lowest BCUT2D eigenvalue weighted by atomic mass is 9.89. The maximum Gasteiger partial charge on any atom is 0.193 e. The highest BCUT2D eigenvalue weighted by Crippen LogP contribution is 2.37. The van der Waals surface area contributed by atoms with E-state index in [0.29, 0.717) is 5.41 Å². The van der Waals surface area contributed by atoms with Crippen molar-refractivity contribution in [2.24, 2.45) is 16.3 Å². The van der Waals surface area contributed by atoms with E-state index in [1.54, 1.807) is 0 Å². The van der Waals surface area contributed by atoms with Gasteiger partial charge in [-0.25, -0.2) is 0 Å². The zero-order chi connectivity index (χ0) is 16.7. The Morgan fingerprint density at radius 3 is 2.52 bits per heavy atom. The third-order valence-electron chi connectivity index (χ3n) is 5.75. The highest BCUT2D eigenvalue weighted by molar-refractivity contribution is 5.80. The van der Waals surface area contributed by atoms with E-state index in [-0.39, 0.29) is 0 Å². The molecule has 2 aliphatic rings. The molecule has 0 radical (unpaired) electrons. The maximum absolute atomic E-state index is 5.02. The Balaban J connectivity index is 1.90. The van der Waals surface area contributed by atoms with Crippen molar-refractivity contribution in [3.8, 4) is 0 Å². The number of likely N-dealkylation sites (tertiary alicyclic amines) is 1. The number of nitrogens with one attached hydrogen (secondary N) is 1. The molecule has 0 aromatic rings. The predicted octanol–water partition coefficient (Wildman–Crippen LogP) is 3.20. The second-order valence-corrected chi connectivity index (χ2v) is 7.77. The van der Waals surface area contributed by atoms with Crippen molar-refractivity contribution in [2.45, 2.75) is 59.8 Å². The van der Waals surface area contributed by atoms with Crippen molar-refractivity contribution in [3.63, 3.8) is 0 Å². The molecule has 1 heterocycles. The molecule has 1 saturated carbocycles. The van der Waals surface area contributed by atoms with Crippen molar-refractivity contribution in [3.05, 3.63) is 0 Å². The van der Waals surface area contributed by atoms with Crippen LogP contribution in [0.2, 0.25) is 0 Å². The lowest BCUT2D eigenvalue weighted by Gasteiger charge is -2.26. The fourth-order valence-corrected chi connectivity index (χ4v) is 4.10. The van der Waals surface area contributed by atoms with Crippen LogP contribution in [0.15, 0.2) is 4.99 Å². The second kappa shape index (κ2) is 8.91. The van der Waals surface area contributed by atoms with Crippen LogP contribution in [0.25, 0.3) is 0 Å². The topological polar surface area (TPSA) is 30.9 Å². The first-order valence-electron chi connectivity index (χ1n) is 9.85. The molecule has 4 heteroatoms. The molecule has 0 bridgehead atoms. The first kappa shape index (κ1) is 18.6. The number of nitrogens with zero attached hydrogens (tertiary/aromatic N) is 3. The first-order chi connectivity index (χ1) is 11.1. The van der Waals surface area contributed by atoms with E-state index >= 15 is 0 Å². The molecule has 0 aromatic heterocycles. The van der Waals surface area contributed by atoms with Gasteiger partial charge in [0.25, 0.3) is 0 Å². The van der Waals surface area contributed by atoms with Crippen LogP contribution >= 0.6 is 0 Å². The van der Waals surface area contributed by atoms with E-state index in [4.69, 9.17) is 4.99 Å². The summed E-state index contributed by atoms with van der Waals surface area (Å²) in [7, 11) is 0.